The Morgan fingerprint density at radius 3 is 2.95 bits per heavy atom. The van der Waals surface area contributed by atoms with Crippen LogP contribution in [0, 0.1) is 0 Å². The lowest BCUT2D eigenvalue weighted by molar-refractivity contribution is 0.0935. The van der Waals surface area contributed by atoms with E-state index < -0.39 is 0 Å². The molecule has 2 rings (SSSR count). The Morgan fingerprint density at radius 2 is 2.25 bits per heavy atom. The summed E-state index contributed by atoms with van der Waals surface area (Å²) in [7, 11) is 0. The van der Waals surface area contributed by atoms with Crippen LogP contribution in [0.25, 0.3) is 0 Å². The number of amides is 1. The molecule has 0 fully saturated rings. The second kappa shape index (κ2) is 6.49. The zero-order chi connectivity index (χ0) is 14.5. The number of rotatable bonds is 5. The van der Waals surface area contributed by atoms with E-state index in [1.165, 1.54) is 4.68 Å². The molecule has 3 N–H and O–H groups in total. The minimum atomic E-state index is -0.291. The smallest absolute Gasteiger partial charge is 0.273 e. The van der Waals surface area contributed by atoms with E-state index in [0.29, 0.717) is 18.1 Å². The summed E-state index contributed by atoms with van der Waals surface area (Å²) in [4.78, 5) is 12.1. The van der Waals surface area contributed by atoms with Crippen LogP contribution in [0.15, 0.2) is 30.5 Å². The number of hydrogen-bond donors (Lipinski definition) is 2. The van der Waals surface area contributed by atoms with E-state index in [-0.39, 0.29) is 17.6 Å². The van der Waals surface area contributed by atoms with Crippen molar-refractivity contribution in [1.29, 1.82) is 0 Å². The number of aromatic nitrogens is 3. The largest absolute Gasteiger partial charge is 0.344 e. The fourth-order valence-corrected chi connectivity index (χ4v) is 2.12. The number of halogens is 1. The second-order valence-corrected chi connectivity index (χ2v) is 4.78. The molecule has 0 bridgehead atoms. The van der Waals surface area contributed by atoms with Gasteiger partial charge in [0.05, 0.1) is 18.8 Å². The van der Waals surface area contributed by atoms with Crippen LogP contribution < -0.4 is 11.1 Å². The lowest BCUT2D eigenvalue weighted by Gasteiger charge is -2.14. The van der Waals surface area contributed by atoms with Gasteiger partial charge >= 0.3 is 0 Å². The van der Waals surface area contributed by atoms with Crippen LogP contribution in [0.1, 0.15) is 29.0 Å². The van der Waals surface area contributed by atoms with Gasteiger partial charge in [0.1, 0.15) is 0 Å². The number of hydrogen-bond acceptors (Lipinski definition) is 4. The summed E-state index contributed by atoms with van der Waals surface area (Å²) in [5, 5.41) is 11.1. The maximum atomic E-state index is 12.1. The van der Waals surface area contributed by atoms with Crippen molar-refractivity contribution in [1.82, 2.24) is 20.3 Å². The van der Waals surface area contributed by atoms with Crippen molar-refractivity contribution in [3.63, 3.8) is 0 Å². The summed E-state index contributed by atoms with van der Waals surface area (Å²) in [6, 6.07) is 7.17. The van der Waals surface area contributed by atoms with E-state index in [9.17, 15) is 4.79 Å². The molecule has 20 heavy (non-hydrogen) atoms. The predicted octanol–water partition coefficient (Wildman–Crippen LogP) is 1.38. The highest BCUT2D eigenvalue weighted by atomic mass is 35.5. The summed E-state index contributed by atoms with van der Waals surface area (Å²) in [6.45, 7) is 2.84. The van der Waals surface area contributed by atoms with Gasteiger partial charge in [-0.25, -0.2) is 0 Å². The molecular weight excluding hydrogens is 278 g/mol. The van der Waals surface area contributed by atoms with Crippen LogP contribution in [0.2, 0.25) is 5.02 Å². The van der Waals surface area contributed by atoms with Crippen LogP contribution in [0.3, 0.4) is 0 Å². The third-order valence-electron chi connectivity index (χ3n) is 2.85. The Hall–Kier alpha value is -1.92. The van der Waals surface area contributed by atoms with E-state index in [0.717, 1.165) is 5.56 Å². The van der Waals surface area contributed by atoms with Crippen LogP contribution in [0.5, 0.6) is 0 Å². The molecule has 0 saturated carbocycles. The zero-order valence-electron chi connectivity index (χ0n) is 11.1. The van der Waals surface area contributed by atoms with Gasteiger partial charge in [0.2, 0.25) is 0 Å². The third-order valence-corrected chi connectivity index (χ3v) is 3.19. The van der Waals surface area contributed by atoms with E-state index in [2.05, 4.69) is 15.6 Å². The first-order chi connectivity index (χ1) is 9.61. The SMILES string of the molecule is CC(NC(=O)c1cn(CCN)nn1)c1ccccc1Cl. The Labute approximate surface area is 121 Å². The standard InChI is InChI=1S/C13H16ClN5O/c1-9(10-4-2-3-5-11(10)14)16-13(20)12-8-19(7-6-15)18-17-12/h2-5,8-9H,6-7,15H2,1H3,(H,16,20). The topological polar surface area (TPSA) is 85.8 Å². The van der Waals surface area contributed by atoms with Crippen molar-refractivity contribution in [3.8, 4) is 0 Å². The molecule has 0 radical (unpaired) electrons. The molecular formula is C13H16ClN5O. The molecule has 1 atom stereocenters. The highest BCUT2D eigenvalue weighted by Gasteiger charge is 2.16. The van der Waals surface area contributed by atoms with Crippen molar-refractivity contribution < 1.29 is 4.79 Å². The van der Waals surface area contributed by atoms with Crippen molar-refractivity contribution in [2.24, 2.45) is 5.73 Å². The summed E-state index contributed by atoms with van der Waals surface area (Å²) >= 11 is 6.10. The maximum absolute atomic E-state index is 12.1. The normalized spacial score (nSPS) is 12.2. The highest BCUT2D eigenvalue weighted by Crippen LogP contribution is 2.22. The van der Waals surface area contributed by atoms with Crippen molar-refractivity contribution in [2.45, 2.75) is 19.5 Å². The first-order valence-electron chi connectivity index (χ1n) is 6.27. The third kappa shape index (κ3) is 3.34. The van der Waals surface area contributed by atoms with Gasteiger partial charge in [0.25, 0.3) is 5.91 Å². The zero-order valence-corrected chi connectivity index (χ0v) is 11.8. The molecule has 0 aliphatic carbocycles. The summed E-state index contributed by atoms with van der Waals surface area (Å²) < 4.78 is 1.54. The number of carbonyl (C=O) groups is 1. The molecule has 0 aliphatic heterocycles. The number of carbonyl (C=O) groups excluding carboxylic acids is 1. The number of benzene rings is 1. The number of nitrogens with zero attached hydrogens (tertiary/aromatic N) is 3. The van der Waals surface area contributed by atoms with Gasteiger partial charge < -0.3 is 11.1 Å². The lowest BCUT2D eigenvalue weighted by Crippen LogP contribution is -2.27. The van der Waals surface area contributed by atoms with Gasteiger partial charge in [-0.2, -0.15) is 0 Å². The minimum Gasteiger partial charge on any atom is -0.344 e. The quantitative estimate of drug-likeness (QED) is 0.872. The first kappa shape index (κ1) is 14.5. The summed E-state index contributed by atoms with van der Waals surface area (Å²) in [5.74, 6) is -0.291. The molecule has 7 heteroatoms. The number of nitrogens with one attached hydrogen (secondary N) is 1. The molecule has 1 aromatic heterocycles. The molecule has 106 valence electrons. The van der Waals surface area contributed by atoms with Crippen LogP contribution in [0.4, 0.5) is 0 Å². The van der Waals surface area contributed by atoms with Gasteiger partial charge in [0, 0.05) is 11.6 Å². The average molecular weight is 294 g/mol. The maximum Gasteiger partial charge on any atom is 0.273 e. The van der Waals surface area contributed by atoms with Crippen LogP contribution >= 0.6 is 11.6 Å². The lowest BCUT2D eigenvalue weighted by atomic mass is 10.1. The summed E-state index contributed by atoms with van der Waals surface area (Å²) in [5.41, 5.74) is 6.54. The Kier molecular flexibility index (Phi) is 4.70. The second-order valence-electron chi connectivity index (χ2n) is 4.37. The predicted molar refractivity (Wildman–Crippen MR) is 76.4 cm³/mol. The Morgan fingerprint density at radius 1 is 1.50 bits per heavy atom. The molecule has 0 spiro atoms. The Bertz CT molecular complexity index is 598. The fraction of sp³-hybridized carbons (Fsp3) is 0.308. The molecule has 1 aromatic carbocycles. The van der Waals surface area contributed by atoms with Gasteiger partial charge in [-0.15, -0.1) is 5.10 Å². The minimum absolute atomic E-state index is 0.212. The average Bonchev–Trinajstić information content (AvgIpc) is 2.88. The van der Waals surface area contributed by atoms with Gasteiger partial charge in [0.15, 0.2) is 5.69 Å². The molecule has 1 amide bonds. The van der Waals surface area contributed by atoms with E-state index >= 15 is 0 Å². The molecule has 1 heterocycles. The van der Waals surface area contributed by atoms with Crippen molar-refractivity contribution >= 4 is 17.5 Å². The Balaban J connectivity index is 2.05. The van der Waals surface area contributed by atoms with Crippen LogP contribution in [-0.2, 0) is 6.54 Å². The molecule has 2 aromatic rings. The van der Waals surface area contributed by atoms with Crippen molar-refractivity contribution in [2.75, 3.05) is 6.54 Å². The first-order valence-corrected chi connectivity index (χ1v) is 6.65. The van der Waals surface area contributed by atoms with E-state index in [1.54, 1.807) is 12.3 Å². The number of nitrogens with two attached hydrogens (primary N) is 1. The molecule has 0 aliphatic rings. The highest BCUT2D eigenvalue weighted by molar-refractivity contribution is 6.31. The van der Waals surface area contributed by atoms with E-state index in [4.69, 9.17) is 17.3 Å². The van der Waals surface area contributed by atoms with Gasteiger partial charge in [-0.05, 0) is 18.6 Å². The van der Waals surface area contributed by atoms with Crippen molar-refractivity contribution in [3.05, 3.63) is 46.7 Å². The van der Waals surface area contributed by atoms with Gasteiger partial charge in [-0.3, -0.25) is 9.48 Å². The monoisotopic (exact) mass is 293 g/mol. The van der Waals surface area contributed by atoms with Crippen LogP contribution in [-0.4, -0.2) is 27.4 Å². The molecule has 0 saturated heterocycles. The molecule has 6 nitrogen and oxygen atoms in total. The van der Waals surface area contributed by atoms with Gasteiger partial charge in [-0.1, -0.05) is 35.0 Å². The summed E-state index contributed by atoms with van der Waals surface area (Å²) in [6.07, 6.45) is 1.57. The fourth-order valence-electron chi connectivity index (χ4n) is 1.82. The molecule has 1 unspecified atom stereocenters. The van der Waals surface area contributed by atoms with E-state index in [1.807, 2.05) is 25.1 Å².